The van der Waals surface area contributed by atoms with Crippen LogP contribution in [0.1, 0.15) is 25.8 Å². The fourth-order valence-electron chi connectivity index (χ4n) is 1.50. The second-order valence-corrected chi connectivity index (χ2v) is 5.05. The molecule has 0 radical (unpaired) electrons. The standard InChI is InChI=1S/C14H17BrO3/c1-3-18-13(16)5-4-10-14(2,17)11-6-8-12(15)9-7-11/h4-9,17H,3,10H2,1-2H3/b5-4+. The Bertz CT molecular complexity index is 421. The number of hydrogen-bond acceptors (Lipinski definition) is 3. The van der Waals surface area contributed by atoms with Crippen molar-refractivity contribution < 1.29 is 14.6 Å². The Kier molecular flexibility index (Phi) is 5.56. The second-order valence-electron chi connectivity index (χ2n) is 4.14. The van der Waals surface area contributed by atoms with Crippen LogP contribution in [0.25, 0.3) is 0 Å². The molecule has 1 aromatic rings. The van der Waals surface area contributed by atoms with Crippen molar-refractivity contribution in [2.24, 2.45) is 0 Å². The fourth-order valence-corrected chi connectivity index (χ4v) is 1.77. The fraction of sp³-hybridized carbons (Fsp3) is 0.357. The number of carbonyl (C=O) groups is 1. The minimum absolute atomic E-state index is 0.353. The zero-order valence-electron chi connectivity index (χ0n) is 10.5. The van der Waals surface area contributed by atoms with Crippen LogP contribution in [-0.2, 0) is 15.1 Å². The molecule has 0 aliphatic carbocycles. The van der Waals surface area contributed by atoms with Crippen LogP contribution < -0.4 is 0 Å². The lowest BCUT2D eigenvalue weighted by Gasteiger charge is -2.22. The molecule has 1 aromatic carbocycles. The lowest BCUT2D eigenvalue weighted by atomic mass is 9.92. The number of benzene rings is 1. The van der Waals surface area contributed by atoms with E-state index in [1.807, 2.05) is 24.3 Å². The Morgan fingerprint density at radius 2 is 2.06 bits per heavy atom. The van der Waals surface area contributed by atoms with Gasteiger partial charge in [0, 0.05) is 10.5 Å². The molecule has 0 heterocycles. The van der Waals surface area contributed by atoms with Crippen LogP contribution in [0.3, 0.4) is 0 Å². The lowest BCUT2D eigenvalue weighted by molar-refractivity contribution is -0.137. The van der Waals surface area contributed by atoms with Crippen LogP contribution in [0.4, 0.5) is 0 Å². The molecule has 0 aromatic heterocycles. The minimum atomic E-state index is -0.996. The largest absolute Gasteiger partial charge is 0.463 e. The highest BCUT2D eigenvalue weighted by atomic mass is 79.9. The van der Waals surface area contributed by atoms with E-state index < -0.39 is 5.60 Å². The van der Waals surface area contributed by atoms with E-state index in [0.717, 1.165) is 10.0 Å². The first-order valence-electron chi connectivity index (χ1n) is 5.77. The normalized spacial score (nSPS) is 14.4. The maximum atomic E-state index is 11.1. The molecule has 1 atom stereocenters. The zero-order chi connectivity index (χ0) is 13.6. The van der Waals surface area contributed by atoms with Crippen molar-refractivity contribution in [1.82, 2.24) is 0 Å². The molecule has 0 spiro atoms. The Hall–Kier alpha value is -1.13. The molecule has 0 saturated carbocycles. The molecule has 18 heavy (non-hydrogen) atoms. The number of ether oxygens (including phenoxy) is 1. The molecule has 0 saturated heterocycles. The van der Waals surface area contributed by atoms with Crippen molar-refractivity contribution >= 4 is 21.9 Å². The Morgan fingerprint density at radius 1 is 1.44 bits per heavy atom. The number of rotatable bonds is 5. The summed E-state index contributed by atoms with van der Waals surface area (Å²) in [6.07, 6.45) is 3.32. The Balaban J connectivity index is 2.64. The van der Waals surface area contributed by atoms with Gasteiger partial charge in [0.15, 0.2) is 0 Å². The van der Waals surface area contributed by atoms with Gasteiger partial charge in [0.05, 0.1) is 12.2 Å². The van der Waals surface area contributed by atoms with Crippen molar-refractivity contribution in [2.75, 3.05) is 6.61 Å². The Labute approximate surface area is 116 Å². The number of aliphatic hydroxyl groups is 1. The third-order valence-corrected chi connectivity index (χ3v) is 3.05. The zero-order valence-corrected chi connectivity index (χ0v) is 12.1. The van der Waals surface area contributed by atoms with Gasteiger partial charge in [0.1, 0.15) is 0 Å². The summed E-state index contributed by atoms with van der Waals surface area (Å²) >= 11 is 3.34. The predicted molar refractivity (Wildman–Crippen MR) is 74.1 cm³/mol. The van der Waals surface area contributed by atoms with E-state index in [9.17, 15) is 9.90 Å². The van der Waals surface area contributed by atoms with E-state index in [4.69, 9.17) is 4.74 Å². The highest BCUT2D eigenvalue weighted by Gasteiger charge is 2.21. The number of esters is 1. The van der Waals surface area contributed by atoms with Gasteiger partial charge in [-0.3, -0.25) is 0 Å². The molecule has 1 N–H and O–H groups in total. The molecule has 0 aliphatic rings. The highest BCUT2D eigenvalue weighted by Crippen LogP contribution is 2.26. The number of halogens is 1. The molecule has 0 aliphatic heterocycles. The van der Waals surface area contributed by atoms with Crippen LogP contribution in [-0.4, -0.2) is 17.7 Å². The summed E-state index contributed by atoms with van der Waals surface area (Å²) in [5.41, 5.74) is -0.192. The SMILES string of the molecule is CCOC(=O)/C=C/CC(C)(O)c1ccc(Br)cc1. The summed E-state index contributed by atoms with van der Waals surface area (Å²) in [5, 5.41) is 10.3. The predicted octanol–water partition coefficient (Wildman–Crippen LogP) is 3.17. The summed E-state index contributed by atoms with van der Waals surface area (Å²) in [7, 11) is 0. The molecule has 0 fully saturated rings. The van der Waals surface area contributed by atoms with Crippen molar-refractivity contribution in [1.29, 1.82) is 0 Å². The van der Waals surface area contributed by atoms with Gasteiger partial charge >= 0.3 is 5.97 Å². The van der Waals surface area contributed by atoms with Gasteiger partial charge in [-0.1, -0.05) is 34.1 Å². The van der Waals surface area contributed by atoms with Gasteiger partial charge in [0.2, 0.25) is 0 Å². The van der Waals surface area contributed by atoms with Gasteiger partial charge in [-0.25, -0.2) is 4.79 Å². The van der Waals surface area contributed by atoms with Crippen LogP contribution >= 0.6 is 15.9 Å². The maximum absolute atomic E-state index is 11.1. The van der Waals surface area contributed by atoms with Gasteiger partial charge in [0.25, 0.3) is 0 Å². The molecule has 0 amide bonds. The van der Waals surface area contributed by atoms with E-state index in [1.165, 1.54) is 6.08 Å². The van der Waals surface area contributed by atoms with Crippen molar-refractivity contribution in [3.8, 4) is 0 Å². The van der Waals surface area contributed by atoms with Gasteiger partial charge < -0.3 is 9.84 Å². The highest BCUT2D eigenvalue weighted by molar-refractivity contribution is 9.10. The van der Waals surface area contributed by atoms with Crippen LogP contribution in [0.5, 0.6) is 0 Å². The first-order valence-corrected chi connectivity index (χ1v) is 6.56. The van der Waals surface area contributed by atoms with E-state index in [-0.39, 0.29) is 5.97 Å². The molecular formula is C14H17BrO3. The van der Waals surface area contributed by atoms with E-state index in [0.29, 0.717) is 13.0 Å². The van der Waals surface area contributed by atoms with Crippen LogP contribution in [0, 0.1) is 0 Å². The molecular weight excluding hydrogens is 296 g/mol. The summed E-state index contributed by atoms with van der Waals surface area (Å²) in [6, 6.07) is 7.45. The molecule has 3 nitrogen and oxygen atoms in total. The Morgan fingerprint density at radius 3 is 2.61 bits per heavy atom. The summed E-state index contributed by atoms with van der Waals surface area (Å²) < 4.78 is 5.73. The molecule has 98 valence electrons. The third-order valence-electron chi connectivity index (χ3n) is 2.52. The molecule has 1 unspecified atom stereocenters. The van der Waals surface area contributed by atoms with E-state index in [2.05, 4.69) is 15.9 Å². The third kappa shape index (κ3) is 4.63. The van der Waals surface area contributed by atoms with E-state index in [1.54, 1.807) is 19.9 Å². The van der Waals surface area contributed by atoms with Gasteiger partial charge in [-0.05, 0) is 38.0 Å². The van der Waals surface area contributed by atoms with Gasteiger partial charge in [-0.2, -0.15) is 0 Å². The van der Waals surface area contributed by atoms with Crippen molar-refractivity contribution in [2.45, 2.75) is 25.9 Å². The topological polar surface area (TPSA) is 46.5 Å². The molecule has 0 bridgehead atoms. The maximum Gasteiger partial charge on any atom is 0.330 e. The average Bonchev–Trinajstić information content (AvgIpc) is 2.29. The summed E-state index contributed by atoms with van der Waals surface area (Å²) in [5.74, 6) is -0.385. The molecule has 4 heteroatoms. The lowest BCUT2D eigenvalue weighted by Crippen LogP contribution is -2.20. The van der Waals surface area contributed by atoms with Crippen LogP contribution in [0.2, 0.25) is 0 Å². The quantitative estimate of drug-likeness (QED) is 0.671. The number of hydrogen-bond donors (Lipinski definition) is 1. The first-order chi connectivity index (χ1) is 8.45. The van der Waals surface area contributed by atoms with Crippen LogP contribution in [0.15, 0.2) is 40.9 Å². The smallest absolute Gasteiger partial charge is 0.330 e. The number of carbonyl (C=O) groups excluding carboxylic acids is 1. The summed E-state index contributed by atoms with van der Waals surface area (Å²) in [6.45, 7) is 3.82. The minimum Gasteiger partial charge on any atom is -0.463 e. The first kappa shape index (κ1) is 14.9. The van der Waals surface area contributed by atoms with Crippen molar-refractivity contribution in [3.63, 3.8) is 0 Å². The molecule has 1 rings (SSSR count). The van der Waals surface area contributed by atoms with E-state index >= 15 is 0 Å². The van der Waals surface area contributed by atoms with Crippen molar-refractivity contribution in [3.05, 3.63) is 46.5 Å². The second kappa shape index (κ2) is 6.71. The average molecular weight is 313 g/mol. The van der Waals surface area contributed by atoms with Gasteiger partial charge in [-0.15, -0.1) is 0 Å². The monoisotopic (exact) mass is 312 g/mol. The summed E-state index contributed by atoms with van der Waals surface area (Å²) in [4.78, 5) is 11.1.